The maximum absolute atomic E-state index is 14.0. The van der Waals surface area contributed by atoms with Gasteiger partial charge in [-0.2, -0.15) is 0 Å². The minimum atomic E-state index is -1.12. The van der Waals surface area contributed by atoms with Gasteiger partial charge in [0.05, 0.1) is 13.5 Å². The van der Waals surface area contributed by atoms with E-state index in [4.69, 9.17) is 14.3 Å². The Labute approximate surface area is 149 Å². The summed E-state index contributed by atoms with van der Waals surface area (Å²) < 4.78 is 24.2. The van der Waals surface area contributed by atoms with Gasteiger partial charge in [-0.05, 0) is 24.5 Å². The summed E-state index contributed by atoms with van der Waals surface area (Å²) in [5.74, 6) is -1.09. The normalized spacial score (nSPS) is 15.1. The van der Waals surface area contributed by atoms with Gasteiger partial charge in [0.1, 0.15) is 17.3 Å². The van der Waals surface area contributed by atoms with E-state index in [9.17, 15) is 14.0 Å². The van der Waals surface area contributed by atoms with E-state index in [1.54, 1.807) is 17.0 Å². The summed E-state index contributed by atoms with van der Waals surface area (Å²) >= 11 is 0. The number of amides is 1. The van der Waals surface area contributed by atoms with Crippen molar-refractivity contribution in [1.82, 2.24) is 9.88 Å². The highest BCUT2D eigenvalue weighted by Gasteiger charge is 2.30. The second-order valence-electron chi connectivity index (χ2n) is 6.16. The van der Waals surface area contributed by atoms with Crippen molar-refractivity contribution in [2.45, 2.75) is 25.2 Å². The van der Waals surface area contributed by atoms with Crippen LogP contribution in [0.15, 0.2) is 29.0 Å². The van der Waals surface area contributed by atoms with Crippen LogP contribution in [-0.4, -0.2) is 47.1 Å². The molecular formula is C18H19FN2O5. The van der Waals surface area contributed by atoms with E-state index in [0.717, 1.165) is 6.39 Å². The van der Waals surface area contributed by atoms with Gasteiger partial charge >= 0.3 is 5.97 Å². The summed E-state index contributed by atoms with van der Waals surface area (Å²) in [5.41, 5.74) is 0.247. The molecule has 1 aromatic heterocycles. The fraction of sp³-hybridized carbons (Fsp3) is 0.389. The van der Waals surface area contributed by atoms with Crippen molar-refractivity contribution in [3.63, 3.8) is 0 Å². The number of likely N-dealkylation sites (tertiary alicyclic amines) is 1. The Morgan fingerprint density at radius 1 is 1.38 bits per heavy atom. The molecule has 26 heavy (non-hydrogen) atoms. The molecule has 2 heterocycles. The number of rotatable bonds is 5. The Morgan fingerprint density at radius 3 is 2.73 bits per heavy atom. The van der Waals surface area contributed by atoms with Crippen LogP contribution in [0, 0.1) is 5.82 Å². The molecule has 0 spiro atoms. The van der Waals surface area contributed by atoms with Gasteiger partial charge in [0.15, 0.2) is 12.1 Å². The number of aromatic nitrogens is 1. The lowest BCUT2D eigenvalue weighted by atomic mass is 9.92. The summed E-state index contributed by atoms with van der Waals surface area (Å²) in [7, 11) is 1.45. The maximum atomic E-state index is 14.0. The number of carbonyl (C=O) groups excluding carboxylic acids is 1. The number of oxazole rings is 1. The highest BCUT2D eigenvalue weighted by Crippen LogP contribution is 2.30. The number of methoxy groups -OCH3 is 1. The Hall–Kier alpha value is -2.90. The van der Waals surface area contributed by atoms with Crippen molar-refractivity contribution >= 4 is 11.9 Å². The quantitative estimate of drug-likeness (QED) is 0.878. The Kier molecular flexibility index (Phi) is 5.20. The van der Waals surface area contributed by atoms with Gasteiger partial charge in [0.2, 0.25) is 5.91 Å². The van der Waals surface area contributed by atoms with Crippen LogP contribution in [0.3, 0.4) is 0 Å². The average molecular weight is 362 g/mol. The van der Waals surface area contributed by atoms with E-state index in [0.29, 0.717) is 43.0 Å². The zero-order chi connectivity index (χ0) is 18.7. The van der Waals surface area contributed by atoms with Gasteiger partial charge in [0, 0.05) is 25.1 Å². The predicted octanol–water partition coefficient (Wildman–Crippen LogP) is 2.47. The third-order valence-electron chi connectivity index (χ3n) is 4.62. The molecule has 1 saturated heterocycles. The average Bonchev–Trinajstić information content (AvgIpc) is 3.13. The van der Waals surface area contributed by atoms with Crippen LogP contribution >= 0.6 is 0 Å². The predicted molar refractivity (Wildman–Crippen MR) is 88.7 cm³/mol. The largest absolute Gasteiger partial charge is 0.497 e. The standard InChI is InChI=1S/C18H19FN2O5/c1-25-13-3-2-12(14(19)9-13)8-15(22)21-6-4-11(5-7-21)17-16(18(23)24)20-10-26-17/h2-3,9-11H,4-8H2,1H3,(H,23,24). The highest BCUT2D eigenvalue weighted by molar-refractivity contribution is 5.86. The van der Waals surface area contributed by atoms with E-state index in [-0.39, 0.29) is 23.9 Å². The second-order valence-corrected chi connectivity index (χ2v) is 6.16. The van der Waals surface area contributed by atoms with Gasteiger partial charge in [-0.1, -0.05) is 6.07 Å². The molecule has 8 heteroatoms. The van der Waals surface area contributed by atoms with Crippen molar-refractivity contribution < 1.29 is 28.2 Å². The molecule has 0 aliphatic carbocycles. The zero-order valence-corrected chi connectivity index (χ0v) is 14.3. The van der Waals surface area contributed by atoms with Crippen LogP contribution in [0.25, 0.3) is 0 Å². The third kappa shape index (κ3) is 3.68. The number of carboxylic acid groups (broad SMARTS) is 1. The molecule has 0 bridgehead atoms. The molecule has 0 saturated carbocycles. The van der Waals surface area contributed by atoms with Gasteiger partial charge in [-0.25, -0.2) is 14.2 Å². The van der Waals surface area contributed by atoms with Crippen LogP contribution in [-0.2, 0) is 11.2 Å². The number of piperidine rings is 1. The van der Waals surface area contributed by atoms with E-state index in [2.05, 4.69) is 4.98 Å². The lowest BCUT2D eigenvalue weighted by molar-refractivity contribution is -0.131. The summed E-state index contributed by atoms with van der Waals surface area (Å²) in [6.45, 7) is 0.919. The number of hydrogen-bond acceptors (Lipinski definition) is 5. The molecule has 1 aromatic carbocycles. The topological polar surface area (TPSA) is 92.9 Å². The number of carboxylic acids is 1. The lowest BCUT2D eigenvalue weighted by Crippen LogP contribution is -2.39. The smallest absolute Gasteiger partial charge is 0.358 e. The summed E-state index contributed by atoms with van der Waals surface area (Å²) in [5, 5.41) is 9.12. The third-order valence-corrected chi connectivity index (χ3v) is 4.62. The summed E-state index contributed by atoms with van der Waals surface area (Å²) in [6.07, 6.45) is 2.25. The Balaban J connectivity index is 1.60. The van der Waals surface area contributed by atoms with Crippen molar-refractivity contribution in [3.05, 3.63) is 47.4 Å². The van der Waals surface area contributed by atoms with Crippen LogP contribution in [0.5, 0.6) is 5.75 Å². The molecule has 1 N–H and O–H groups in total. The van der Waals surface area contributed by atoms with E-state index in [1.165, 1.54) is 13.2 Å². The van der Waals surface area contributed by atoms with Crippen molar-refractivity contribution in [2.75, 3.05) is 20.2 Å². The monoisotopic (exact) mass is 362 g/mol. The first-order chi connectivity index (χ1) is 12.5. The van der Waals surface area contributed by atoms with Gasteiger partial charge < -0.3 is 19.2 Å². The first-order valence-electron chi connectivity index (χ1n) is 8.26. The van der Waals surface area contributed by atoms with Crippen molar-refractivity contribution in [2.24, 2.45) is 0 Å². The zero-order valence-electron chi connectivity index (χ0n) is 14.3. The highest BCUT2D eigenvalue weighted by atomic mass is 19.1. The van der Waals surface area contributed by atoms with Crippen molar-refractivity contribution in [1.29, 1.82) is 0 Å². The first-order valence-corrected chi connectivity index (χ1v) is 8.26. The number of nitrogens with zero attached hydrogens (tertiary/aromatic N) is 2. The molecular weight excluding hydrogens is 343 g/mol. The molecule has 1 fully saturated rings. The Bertz CT molecular complexity index is 812. The summed E-state index contributed by atoms with van der Waals surface area (Å²) in [4.78, 5) is 29.0. The van der Waals surface area contributed by atoms with Crippen LogP contribution in [0.1, 0.15) is 40.6 Å². The van der Waals surface area contributed by atoms with Gasteiger partial charge in [-0.3, -0.25) is 4.79 Å². The Morgan fingerprint density at radius 2 is 2.12 bits per heavy atom. The molecule has 138 valence electrons. The van der Waals surface area contributed by atoms with Crippen molar-refractivity contribution in [3.8, 4) is 5.75 Å². The molecule has 2 aromatic rings. The van der Waals surface area contributed by atoms with Gasteiger partial charge in [-0.15, -0.1) is 0 Å². The first kappa shape index (κ1) is 17.9. The molecule has 0 radical (unpaired) electrons. The van der Waals surface area contributed by atoms with Gasteiger partial charge in [0.25, 0.3) is 0 Å². The van der Waals surface area contributed by atoms with E-state index < -0.39 is 11.8 Å². The molecule has 0 atom stereocenters. The second kappa shape index (κ2) is 7.55. The number of halogens is 1. The summed E-state index contributed by atoms with van der Waals surface area (Å²) in [6, 6.07) is 4.42. The number of aromatic carboxylic acids is 1. The van der Waals surface area contributed by atoms with E-state index >= 15 is 0 Å². The number of ether oxygens (including phenoxy) is 1. The SMILES string of the molecule is COc1ccc(CC(=O)N2CCC(c3ocnc3C(=O)O)CC2)c(F)c1. The fourth-order valence-corrected chi connectivity index (χ4v) is 3.17. The van der Waals surface area contributed by atoms with E-state index in [1.807, 2.05) is 0 Å². The van der Waals surface area contributed by atoms with Crippen LogP contribution in [0.2, 0.25) is 0 Å². The molecule has 7 nitrogen and oxygen atoms in total. The van der Waals surface area contributed by atoms with Crippen LogP contribution < -0.4 is 4.74 Å². The number of carbonyl (C=O) groups is 2. The molecule has 1 aliphatic heterocycles. The fourth-order valence-electron chi connectivity index (χ4n) is 3.17. The lowest BCUT2D eigenvalue weighted by Gasteiger charge is -2.31. The van der Waals surface area contributed by atoms with Crippen LogP contribution in [0.4, 0.5) is 4.39 Å². The molecule has 1 aliphatic rings. The molecule has 1 amide bonds. The maximum Gasteiger partial charge on any atom is 0.358 e. The number of hydrogen-bond donors (Lipinski definition) is 1. The number of benzene rings is 1. The minimum Gasteiger partial charge on any atom is -0.497 e. The molecule has 0 unspecified atom stereocenters. The minimum absolute atomic E-state index is 0.0246. The molecule has 3 rings (SSSR count).